The molecule has 0 aliphatic heterocycles. The van der Waals surface area contributed by atoms with Gasteiger partial charge in [0.25, 0.3) is 5.95 Å². The van der Waals surface area contributed by atoms with Crippen LogP contribution in [0.4, 0.5) is 11.9 Å². The summed E-state index contributed by atoms with van der Waals surface area (Å²) in [6.45, 7) is 6.83. The predicted molar refractivity (Wildman–Crippen MR) is 78.7 cm³/mol. The zero-order valence-corrected chi connectivity index (χ0v) is 12.5. The normalized spacial score (nSPS) is 10.6. The highest BCUT2D eigenvalue weighted by molar-refractivity contribution is 5.39. The maximum atomic E-state index is 5.39. The van der Waals surface area contributed by atoms with E-state index in [-0.39, 0.29) is 0 Å². The lowest BCUT2D eigenvalue weighted by atomic mass is 10.5. The molecule has 0 amide bonds. The lowest BCUT2D eigenvalue weighted by Gasteiger charge is -2.21. The molecule has 2 rings (SSSR count). The number of anilines is 2. The Balaban J connectivity index is 2.26. The Kier molecular flexibility index (Phi) is 5.38. The van der Waals surface area contributed by atoms with E-state index in [9.17, 15) is 0 Å². The molecule has 0 fully saturated rings. The van der Waals surface area contributed by atoms with Gasteiger partial charge in [0.1, 0.15) is 12.7 Å². The number of ether oxygens (including phenoxy) is 1. The van der Waals surface area contributed by atoms with Crippen molar-refractivity contribution in [1.29, 1.82) is 0 Å². The van der Waals surface area contributed by atoms with Gasteiger partial charge in [0.15, 0.2) is 0 Å². The van der Waals surface area contributed by atoms with E-state index in [2.05, 4.69) is 30.4 Å². The first kappa shape index (κ1) is 15.1. The van der Waals surface area contributed by atoms with Gasteiger partial charge in [-0.05, 0) is 13.8 Å². The average molecular weight is 292 g/mol. The molecule has 2 heterocycles. The molecule has 0 aliphatic rings. The van der Waals surface area contributed by atoms with E-state index < -0.39 is 0 Å². The van der Waals surface area contributed by atoms with Crippen LogP contribution in [0.5, 0.6) is 0 Å². The molecule has 9 heteroatoms. The maximum absolute atomic E-state index is 5.39. The lowest BCUT2D eigenvalue weighted by Crippen LogP contribution is -2.29. The summed E-state index contributed by atoms with van der Waals surface area (Å²) in [5.74, 6) is 1.50. The van der Waals surface area contributed by atoms with Crippen molar-refractivity contribution in [3.63, 3.8) is 0 Å². The summed E-state index contributed by atoms with van der Waals surface area (Å²) in [6.07, 6.45) is 2.99. The molecule has 9 nitrogen and oxygen atoms in total. The van der Waals surface area contributed by atoms with E-state index in [0.29, 0.717) is 37.6 Å². The second-order valence-corrected chi connectivity index (χ2v) is 4.13. The molecule has 0 aliphatic carbocycles. The summed E-state index contributed by atoms with van der Waals surface area (Å²) < 4.78 is 6.89. The Morgan fingerprint density at radius 2 is 2.14 bits per heavy atom. The zero-order chi connectivity index (χ0) is 15.1. The van der Waals surface area contributed by atoms with Crippen molar-refractivity contribution >= 4 is 11.9 Å². The summed E-state index contributed by atoms with van der Waals surface area (Å²) in [6, 6.07) is 0. The molecule has 0 spiro atoms. The standard InChI is InChI=1S/C12H20N8O/c1-4-19(6-7-21-5-2)11-16-10(13-3)17-12(18-11)20-9-14-8-15-20/h8-9H,4-7H2,1-3H3,(H,13,16,17,18). The van der Waals surface area contributed by atoms with E-state index in [1.807, 2.05) is 18.7 Å². The summed E-state index contributed by atoms with van der Waals surface area (Å²) in [5, 5.41) is 6.98. The quantitative estimate of drug-likeness (QED) is 0.697. The fourth-order valence-corrected chi connectivity index (χ4v) is 1.74. The van der Waals surface area contributed by atoms with Crippen LogP contribution < -0.4 is 10.2 Å². The molecular weight excluding hydrogens is 272 g/mol. The van der Waals surface area contributed by atoms with E-state index in [1.165, 1.54) is 11.0 Å². The third-order valence-electron chi connectivity index (χ3n) is 2.83. The molecule has 0 atom stereocenters. The summed E-state index contributed by atoms with van der Waals surface area (Å²) in [5.41, 5.74) is 0. The Hall–Kier alpha value is -2.29. The van der Waals surface area contributed by atoms with Gasteiger partial charge in [-0.2, -0.15) is 24.7 Å². The number of nitrogens with zero attached hydrogens (tertiary/aromatic N) is 7. The number of hydrogen-bond donors (Lipinski definition) is 1. The largest absolute Gasteiger partial charge is 0.380 e. The second kappa shape index (κ2) is 7.48. The van der Waals surface area contributed by atoms with Gasteiger partial charge in [-0.15, -0.1) is 0 Å². The molecule has 2 aromatic rings. The summed E-state index contributed by atoms with van der Waals surface area (Å²) in [7, 11) is 1.76. The van der Waals surface area contributed by atoms with Crippen molar-refractivity contribution in [2.24, 2.45) is 0 Å². The van der Waals surface area contributed by atoms with E-state index in [1.54, 1.807) is 13.4 Å². The Bertz CT molecular complexity index is 544. The van der Waals surface area contributed by atoms with Crippen molar-refractivity contribution in [2.45, 2.75) is 13.8 Å². The molecule has 0 saturated carbocycles. The van der Waals surface area contributed by atoms with Crippen molar-refractivity contribution in [1.82, 2.24) is 29.7 Å². The fourth-order valence-electron chi connectivity index (χ4n) is 1.74. The third-order valence-corrected chi connectivity index (χ3v) is 2.83. The van der Waals surface area contributed by atoms with Gasteiger partial charge in [-0.1, -0.05) is 0 Å². The zero-order valence-electron chi connectivity index (χ0n) is 12.5. The molecular formula is C12H20N8O. The summed E-state index contributed by atoms with van der Waals surface area (Å²) >= 11 is 0. The van der Waals surface area contributed by atoms with Crippen LogP contribution in [0, 0.1) is 0 Å². The van der Waals surface area contributed by atoms with Crippen molar-refractivity contribution < 1.29 is 4.74 Å². The second-order valence-electron chi connectivity index (χ2n) is 4.13. The van der Waals surface area contributed by atoms with Crippen LogP contribution in [0.25, 0.3) is 5.95 Å². The van der Waals surface area contributed by atoms with Gasteiger partial charge in [0.2, 0.25) is 11.9 Å². The minimum absolute atomic E-state index is 0.428. The number of rotatable bonds is 8. The molecule has 0 aromatic carbocycles. The van der Waals surface area contributed by atoms with Gasteiger partial charge < -0.3 is 15.0 Å². The Morgan fingerprint density at radius 3 is 2.76 bits per heavy atom. The molecule has 0 unspecified atom stereocenters. The van der Waals surface area contributed by atoms with Gasteiger partial charge in [0, 0.05) is 26.7 Å². The fraction of sp³-hybridized carbons (Fsp3) is 0.583. The maximum Gasteiger partial charge on any atom is 0.258 e. The molecule has 2 aromatic heterocycles. The first-order valence-electron chi connectivity index (χ1n) is 6.90. The highest BCUT2D eigenvalue weighted by Gasteiger charge is 2.13. The molecule has 114 valence electrons. The number of aromatic nitrogens is 6. The van der Waals surface area contributed by atoms with Crippen LogP contribution in [-0.2, 0) is 4.74 Å². The number of nitrogens with one attached hydrogen (secondary N) is 1. The monoisotopic (exact) mass is 292 g/mol. The minimum atomic E-state index is 0.428. The molecule has 0 radical (unpaired) electrons. The van der Waals surface area contributed by atoms with Crippen molar-refractivity contribution in [3.8, 4) is 5.95 Å². The van der Waals surface area contributed by atoms with Crippen LogP contribution in [0.3, 0.4) is 0 Å². The molecule has 21 heavy (non-hydrogen) atoms. The van der Waals surface area contributed by atoms with E-state index in [4.69, 9.17) is 4.74 Å². The molecule has 0 bridgehead atoms. The van der Waals surface area contributed by atoms with Crippen LogP contribution >= 0.6 is 0 Å². The van der Waals surface area contributed by atoms with Gasteiger partial charge in [-0.3, -0.25) is 0 Å². The molecule has 0 saturated heterocycles. The van der Waals surface area contributed by atoms with E-state index >= 15 is 0 Å². The van der Waals surface area contributed by atoms with Gasteiger partial charge in [0.05, 0.1) is 6.61 Å². The highest BCUT2D eigenvalue weighted by Crippen LogP contribution is 2.12. The van der Waals surface area contributed by atoms with Crippen LogP contribution in [0.1, 0.15) is 13.8 Å². The number of hydrogen-bond acceptors (Lipinski definition) is 8. The van der Waals surface area contributed by atoms with Gasteiger partial charge in [-0.25, -0.2) is 4.98 Å². The van der Waals surface area contributed by atoms with E-state index in [0.717, 1.165) is 6.54 Å². The first-order valence-corrected chi connectivity index (χ1v) is 6.90. The van der Waals surface area contributed by atoms with Crippen LogP contribution in [-0.4, -0.2) is 63.1 Å². The van der Waals surface area contributed by atoms with Crippen LogP contribution in [0.2, 0.25) is 0 Å². The lowest BCUT2D eigenvalue weighted by molar-refractivity contribution is 0.153. The Morgan fingerprint density at radius 1 is 1.29 bits per heavy atom. The third kappa shape index (κ3) is 3.85. The Labute approximate surface area is 123 Å². The SMILES string of the molecule is CCOCCN(CC)c1nc(NC)nc(-n2cncn2)n1. The average Bonchev–Trinajstić information content (AvgIpc) is 3.05. The smallest absolute Gasteiger partial charge is 0.258 e. The van der Waals surface area contributed by atoms with Crippen LogP contribution in [0.15, 0.2) is 12.7 Å². The van der Waals surface area contributed by atoms with Crippen molar-refractivity contribution in [3.05, 3.63) is 12.7 Å². The highest BCUT2D eigenvalue weighted by atomic mass is 16.5. The first-order chi connectivity index (χ1) is 10.3. The number of likely N-dealkylation sites (N-methyl/N-ethyl adjacent to an activating group) is 1. The predicted octanol–water partition coefficient (Wildman–Crippen LogP) is 0.357. The van der Waals surface area contributed by atoms with Gasteiger partial charge >= 0.3 is 0 Å². The summed E-state index contributed by atoms with van der Waals surface area (Å²) in [4.78, 5) is 19.0. The topological polar surface area (TPSA) is 93.9 Å². The molecule has 1 N–H and O–H groups in total. The minimum Gasteiger partial charge on any atom is -0.380 e. The van der Waals surface area contributed by atoms with Crippen molar-refractivity contribution in [2.75, 3.05) is 43.6 Å².